The van der Waals surface area contributed by atoms with Crippen LogP contribution in [0.15, 0.2) is 24.3 Å². The molecule has 0 aromatic heterocycles. The third kappa shape index (κ3) is 2.52. The summed E-state index contributed by atoms with van der Waals surface area (Å²) in [5, 5.41) is 9.50. The van der Waals surface area contributed by atoms with E-state index in [0.717, 1.165) is 0 Å². The number of carbonyl (C=O) groups is 1. The molecule has 0 saturated carbocycles. The molecule has 0 heterocycles. The first kappa shape index (κ1) is 11.6. The molecule has 1 rings (SSSR count). The zero-order valence-corrected chi connectivity index (χ0v) is 6.62. The maximum absolute atomic E-state index is 10.6. The standard InChI is InChI=1S/C7H4ClNO3.CH4/c8-7(10)5-3-1-2-4-6(5)9(11)12;/h1-4H;1H4. The van der Waals surface area contributed by atoms with Gasteiger partial charge in [0.1, 0.15) is 5.56 Å². The maximum atomic E-state index is 10.6. The lowest BCUT2D eigenvalue weighted by atomic mass is 10.2. The molecule has 4 nitrogen and oxygen atoms in total. The number of nitro benzene ring substituents is 1. The van der Waals surface area contributed by atoms with Crippen LogP contribution in [0.25, 0.3) is 0 Å². The van der Waals surface area contributed by atoms with Crippen LogP contribution in [0.4, 0.5) is 5.69 Å². The van der Waals surface area contributed by atoms with Gasteiger partial charge in [-0.1, -0.05) is 19.6 Å². The highest BCUT2D eigenvalue weighted by Gasteiger charge is 2.16. The molecule has 0 radical (unpaired) electrons. The summed E-state index contributed by atoms with van der Waals surface area (Å²) < 4.78 is 0. The van der Waals surface area contributed by atoms with Crippen molar-refractivity contribution in [3.05, 3.63) is 39.9 Å². The number of para-hydroxylation sites is 1. The topological polar surface area (TPSA) is 60.2 Å². The van der Waals surface area contributed by atoms with E-state index in [0.29, 0.717) is 0 Å². The van der Waals surface area contributed by atoms with Gasteiger partial charge in [-0.2, -0.15) is 0 Å². The van der Waals surface area contributed by atoms with Gasteiger partial charge < -0.3 is 0 Å². The minimum Gasteiger partial charge on any atom is -0.275 e. The Labute approximate surface area is 80.3 Å². The van der Waals surface area contributed by atoms with Crippen LogP contribution in [0.5, 0.6) is 0 Å². The fourth-order valence-electron chi connectivity index (χ4n) is 0.799. The van der Waals surface area contributed by atoms with Crippen LogP contribution in [0.2, 0.25) is 0 Å². The second kappa shape index (κ2) is 4.57. The number of nitro groups is 1. The predicted octanol–water partition coefficient (Wildman–Crippen LogP) is 2.61. The molecular formula is C8H8ClNO3. The molecule has 0 spiro atoms. The molecule has 5 heteroatoms. The van der Waals surface area contributed by atoms with Gasteiger partial charge in [0.25, 0.3) is 10.9 Å². The predicted molar refractivity (Wildman–Crippen MR) is 50.0 cm³/mol. The van der Waals surface area contributed by atoms with Crippen molar-refractivity contribution >= 4 is 22.5 Å². The van der Waals surface area contributed by atoms with Gasteiger partial charge in [0, 0.05) is 6.07 Å². The Kier molecular flexibility index (Phi) is 4.07. The Morgan fingerprint density at radius 3 is 2.31 bits per heavy atom. The molecule has 0 aliphatic carbocycles. The van der Waals surface area contributed by atoms with Gasteiger partial charge in [-0.3, -0.25) is 14.9 Å². The summed E-state index contributed by atoms with van der Waals surface area (Å²) in [5.41, 5.74) is -0.346. The van der Waals surface area contributed by atoms with E-state index in [-0.39, 0.29) is 18.7 Å². The maximum Gasteiger partial charge on any atom is 0.281 e. The van der Waals surface area contributed by atoms with Crippen LogP contribution in [-0.4, -0.2) is 10.2 Å². The van der Waals surface area contributed by atoms with Crippen LogP contribution >= 0.6 is 11.6 Å². The van der Waals surface area contributed by atoms with Crippen molar-refractivity contribution in [2.45, 2.75) is 7.43 Å². The summed E-state index contributed by atoms with van der Waals surface area (Å²) >= 11 is 5.11. The van der Waals surface area contributed by atoms with Crippen LogP contribution in [0.3, 0.4) is 0 Å². The van der Waals surface area contributed by atoms with Gasteiger partial charge in [0.05, 0.1) is 4.92 Å². The van der Waals surface area contributed by atoms with Crippen molar-refractivity contribution in [2.75, 3.05) is 0 Å². The Bertz CT molecular complexity index is 305. The van der Waals surface area contributed by atoms with Crippen molar-refractivity contribution in [2.24, 2.45) is 0 Å². The summed E-state index contributed by atoms with van der Waals surface area (Å²) in [6, 6.07) is 5.53. The molecule has 0 atom stereocenters. The number of halogens is 1. The van der Waals surface area contributed by atoms with Gasteiger partial charge in [0.2, 0.25) is 0 Å². The van der Waals surface area contributed by atoms with Crippen LogP contribution in [0, 0.1) is 10.1 Å². The fourth-order valence-corrected chi connectivity index (χ4v) is 0.959. The average Bonchev–Trinajstić information content (AvgIpc) is 2.04. The number of rotatable bonds is 2. The minimum atomic E-state index is -0.817. The molecular weight excluding hydrogens is 194 g/mol. The highest BCUT2D eigenvalue weighted by atomic mass is 35.5. The van der Waals surface area contributed by atoms with Crippen LogP contribution in [0.1, 0.15) is 17.8 Å². The minimum absolute atomic E-state index is 0. The van der Waals surface area contributed by atoms with Crippen LogP contribution < -0.4 is 0 Å². The van der Waals surface area contributed by atoms with Crippen molar-refractivity contribution in [3.63, 3.8) is 0 Å². The van der Waals surface area contributed by atoms with Crippen molar-refractivity contribution in [3.8, 4) is 0 Å². The molecule has 0 fully saturated rings. The lowest BCUT2D eigenvalue weighted by Crippen LogP contribution is -1.97. The van der Waals surface area contributed by atoms with Gasteiger partial charge >= 0.3 is 0 Å². The fraction of sp³-hybridized carbons (Fsp3) is 0.125. The normalized spacial score (nSPS) is 8.69. The number of carbonyl (C=O) groups excluding carboxylic acids is 1. The van der Waals surface area contributed by atoms with E-state index in [1.54, 1.807) is 0 Å². The van der Waals surface area contributed by atoms with Crippen molar-refractivity contribution in [1.29, 1.82) is 0 Å². The van der Waals surface area contributed by atoms with Crippen LogP contribution in [-0.2, 0) is 0 Å². The summed E-state index contributed by atoms with van der Waals surface area (Å²) in [6.45, 7) is 0. The third-order valence-corrected chi connectivity index (χ3v) is 1.52. The molecule has 0 saturated heterocycles. The first-order valence-corrected chi connectivity index (χ1v) is 3.44. The van der Waals surface area contributed by atoms with Gasteiger partial charge in [-0.15, -0.1) is 0 Å². The Morgan fingerprint density at radius 1 is 1.38 bits per heavy atom. The quantitative estimate of drug-likeness (QED) is 0.420. The molecule has 1 aromatic carbocycles. The lowest BCUT2D eigenvalue weighted by Gasteiger charge is -1.94. The molecule has 70 valence electrons. The molecule has 1 aromatic rings. The Morgan fingerprint density at radius 2 is 1.92 bits per heavy atom. The molecule has 0 aliphatic rings. The summed E-state index contributed by atoms with van der Waals surface area (Å²) in [7, 11) is 0. The van der Waals surface area contributed by atoms with E-state index in [4.69, 9.17) is 11.6 Å². The number of benzene rings is 1. The molecule has 0 bridgehead atoms. The smallest absolute Gasteiger partial charge is 0.275 e. The van der Waals surface area contributed by atoms with E-state index < -0.39 is 10.2 Å². The zero-order chi connectivity index (χ0) is 9.14. The molecule has 0 unspecified atom stereocenters. The average molecular weight is 202 g/mol. The largest absolute Gasteiger partial charge is 0.281 e. The highest BCUT2D eigenvalue weighted by molar-refractivity contribution is 6.68. The van der Waals surface area contributed by atoms with Gasteiger partial charge in [0.15, 0.2) is 0 Å². The molecule has 0 amide bonds. The van der Waals surface area contributed by atoms with Crippen molar-refractivity contribution < 1.29 is 9.72 Å². The van der Waals surface area contributed by atoms with Crippen molar-refractivity contribution in [1.82, 2.24) is 0 Å². The highest BCUT2D eigenvalue weighted by Crippen LogP contribution is 2.18. The summed E-state index contributed by atoms with van der Waals surface area (Å²) in [4.78, 5) is 20.3. The van der Waals surface area contributed by atoms with E-state index in [1.165, 1.54) is 24.3 Å². The van der Waals surface area contributed by atoms with Gasteiger partial charge in [-0.25, -0.2) is 0 Å². The number of nitrogens with zero attached hydrogens (tertiary/aromatic N) is 1. The second-order valence-electron chi connectivity index (χ2n) is 2.05. The Hall–Kier alpha value is -1.42. The summed E-state index contributed by atoms with van der Waals surface area (Å²) in [5.74, 6) is 0. The van der Waals surface area contributed by atoms with E-state index in [9.17, 15) is 14.9 Å². The number of hydrogen-bond acceptors (Lipinski definition) is 3. The third-order valence-electron chi connectivity index (χ3n) is 1.31. The van der Waals surface area contributed by atoms with Gasteiger partial charge in [-0.05, 0) is 17.7 Å². The number of hydrogen-bond donors (Lipinski definition) is 0. The first-order chi connectivity index (χ1) is 5.63. The lowest BCUT2D eigenvalue weighted by molar-refractivity contribution is -0.385. The molecule has 0 N–H and O–H groups in total. The monoisotopic (exact) mass is 201 g/mol. The summed E-state index contributed by atoms with van der Waals surface area (Å²) in [6.07, 6.45) is 0. The van der Waals surface area contributed by atoms with E-state index in [1.807, 2.05) is 0 Å². The Balaban J connectivity index is 0.00000144. The molecule has 0 aliphatic heterocycles. The van der Waals surface area contributed by atoms with E-state index in [2.05, 4.69) is 0 Å². The van der Waals surface area contributed by atoms with E-state index >= 15 is 0 Å². The second-order valence-corrected chi connectivity index (χ2v) is 2.39. The molecule has 13 heavy (non-hydrogen) atoms. The SMILES string of the molecule is C.O=C(Cl)c1ccccc1[N+](=O)[O-]. The first-order valence-electron chi connectivity index (χ1n) is 3.06. The zero-order valence-electron chi connectivity index (χ0n) is 5.86.